The SMILES string of the molecule is CC(C)Sc1nnc2c3c4c(sc3nc(C3CC3)n12)CCCC4. The molecule has 4 nitrogen and oxygen atoms in total. The minimum atomic E-state index is 0.501. The van der Waals surface area contributed by atoms with Crippen LogP contribution >= 0.6 is 23.1 Å². The Morgan fingerprint density at radius 2 is 2.00 bits per heavy atom. The fourth-order valence-corrected chi connectivity index (χ4v) is 5.61. The molecule has 0 radical (unpaired) electrons. The van der Waals surface area contributed by atoms with Gasteiger partial charge in [-0.2, -0.15) is 0 Å². The lowest BCUT2D eigenvalue weighted by Gasteiger charge is -2.11. The average molecular weight is 345 g/mol. The third kappa shape index (κ3) is 2.22. The van der Waals surface area contributed by atoms with Gasteiger partial charge in [0, 0.05) is 16.0 Å². The van der Waals surface area contributed by atoms with Crippen LogP contribution in [0.3, 0.4) is 0 Å². The van der Waals surface area contributed by atoms with E-state index in [9.17, 15) is 0 Å². The predicted octanol–water partition coefficient (Wildman–Crippen LogP) is 4.60. The molecule has 0 bridgehead atoms. The highest BCUT2D eigenvalue weighted by atomic mass is 32.2. The van der Waals surface area contributed by atoms with Crippen molar-refractivity contribution in [2.75, 3.05) is 0 Å². The van der Waals surface area contributed by atoms with Crippen LogP contribution in [0.25, 0.3) is 15.9 Å². The highest BCUT2D eigenvalue weighted by Gasteiger charge is 2.32. The molecule has 0 aliphatic heterocycles. The number of hydrogen-bond acceptors (Lipinski definition) is 5. The fourth-order valence-electron chi connectivity index (χ4n) is 3.56. The second-order valence-corrected chi connectivity index (χ2v) is 9.57. The van der Waals surface area contributed by atoms with Crippen molar-refractivity contribution in [2.45, 2.75) is 68.7 Å². The van der Waals surface area contributed by atoms with Crippen LogP contribution in [0.4, 0.5) is 0 Å². The van der Waals surface area contributed by atoms with Crippen molar-refractivity contribution < 1.29 is 0 Å². The van der Waals surface area contributed by atoms with Gasteiger partial charge in [-0.1, -0.05) is 25.6 Å². The first-order valence-corrected chi connectivity index (χ1v) is 10.3. The molecular weight excluding hydrogens is 324 g/mol. The Balaban J connectivity index is 1.84. The number of thiophene rings is 1. The van der Waals surface area contributed by atoms with E-state index in [1.807, 2.05) is 11.3 Å². The summed E-state index contributed by atoms with van der Waals surface area (Å²) >= 11 is 3.69. The summed E-state index contributed by atoms with van der Waals surface area (Å²) in [6.07, 6.45) is 7.49. The lowest BCUT2D eigenvalue weighted by Crippen LogP contribution is -2.03. The molecule has 0 unspecified atom stereocenters. The molecule has 1 fully saturated rings. The van der Waals surface area contributed by atoms with Crippen molar-refractivity contribution in [2.24, 2.45) is 0 Å². The summed E-state index contributed by atoms with van der Waals surface area (Å²) in [6.45, 7) is 4.42. The van der Waals surface area contributed by atoms with Crippen molar-refractivity contribution in [3.8, 4) is 0 Å². The van der Waals surface area contributed by atoms with E-state index in [-0.39, 0.29) is 0 Å². The second-order valence-electron chi connectivity index (χ2n) is 6.94. The summed E-state index contributed by atoms with van der Waals surface area (Å²) < 4.78 is 2.27. The van der Waals surface area contributed by atoms with Gasteiger partial charge in [-0.15, -0.1) is 21.5 Å². The zero-order chi connectivity index (χ0) is 15.6. The molecule has 1 saturated carbocycles. The van der Waals surface area contributed by atoms with E-state index in [1.54, 1.807) is 11.8 Å². The molecule has 0 N–H and O–H groups in total. The molecule has 23 heavy (non-hydrogen) atoms. The maximum absolute atomic E-state index is 5.10. The van der Waals surface area contributed by atoms with Crippen LogP contribution in [0, 0.1) is 0 Å². The second kappa shape index (κ2) is 5.18. The van der Waals surface area contributed by atoms with Crippen LogP contribution in [0.2, 0.25) is 0 Å². The van der Waals surface area contributed by atoms with Gasteiger partial charge in [-0.05, 0) is 44.1 Å². The Labute approximate surface area is 143 Å². The molecule has 0 amide bonds. The Hall–Kier alpha value is -1.14. The van der Waals surface area contributed by atoms with Gasteiger partial charge < -0.3 is 0 Å². The Morgan fingerprint density at radius 3 is 2.78 bits per heavy atom. The molecule has 0 spiro atoms. The quantitative estimate of drug-likeness (QED) is 0.652. The molecular formula is C17H20N4S2. The lowest BCUT2D eigenvalue weighted by molar-refractivity contribution is 0.700. The number of fused-ring (bicyclic) bond motifs is 5. The molecule has 0 atom stereocenters. The van der Waals surface area contributed by atoms with Gasteiger partial charge in [0.2, 0.25) is 0 Å². The van der Waals surface area contributed by atoms with E-state index in [4.69, 9.17) is 4.98 Å². The zero-order valence-electron chi connectivity index (χ0n) is 13.5. The van der Waals surface area contributed by atoms with Gasteiger partial charge in [0.05, 0.1) is 5.39 Å². The predicted molar refractivity (Wildman–Crippen MR) is 95.8 cm³/mol. The van der Waals surface area contributed by atoms with Gasteiger partial charge in [0.25, 0.3) is 0 Å². The normalized spacial score (nSPS) is 18.2. The maximum atomic E-state index is 5.10. The van der Waals surface area contributed by atoms with Crippen LogP contribution in [-0.4, -0.2) is 24.8 Å². The van der Waals surface area contributed by atoms with Gasteiger partial charge in [0.15, 0.2) is 10.8 Å². The zero-order valence-corrected chi connectivity index (χ0v) is 15.1. The number of aryl methyl sites for hydroxylation is 2. The third-order valence-corrected chi connectivity index (χ3v) is 6.87. The minimum Gasteiger partial charge on any atom is -0.257 e. The first-order chi connectivity index (χ1) is 11.2. The van der Waals surface area contributed by atoms with Crippen LogP contribution in [0.5, 0.6) is 0 Å². The van der Waals surface area contributed by atoms with Crippen molar-refractivity contribution in [3.05, 3.63) is 16.3 Å². The lowest BCUT2D eigenvalue weighted by atomic mass is 9.97. The van der Waals surface area contributed by atoms with Gasteiger partial charge in [-0.25, -0.2) is 4.98 Å². The van der Waals surface area contributed by atoms with Crippen LogP contribution in [-0.2, 0) is 12.8 Å². The number of aromatic nitrogens is 4. The van der Waals surface area contributed by atoms with E-state index >= 15 is 0 Å². The smallest absolute Gasteiger partial charge is 0.197 e. The van der Waals surface area contributed by atoms with Crippen LogP contribution in [0.15, 0.2) is 5.16 Å². The summed E-state index contributed by atoms with van der Waals surface area (Å²) in [4.78, 5) is 7.83. The molecule has 5 rings (SSSR count). The van der Waals surface area contributed by atoms with E-state index in [1.165, 1.54) is 65.0 Å². The van der Waals surface area contributed by atoms with Gasteiger partial charge in [-0.3, -0.25) is 4.40 Å². The molecule has 120 valence electrons. The van der Waals surface area contributed by atoms with Gasteiger partial charge in [0.1, 0.15) is 10.7 Å². The first-order valence-electron chi connectivity index (χ1n) is 8.58. The number of thioether (sulfide) groups is 1. The molecule has 2 aliphatic carbocycles. The Kier molecular flexibility index (Phi) is 3.20. The molecule has 6 heteroatoms. The first kappa shape index (κ1) is 14.2. The molecule has 3 aromatic rings. The van der Waals surface area contributed by atoms with Crippen molar-refractivity contribution in [3.63, 3.8) is 0 Å². The maximum Gasteiger partial charge on any atom is 0.197 e. The van der Waals surface area contributed by atoms with Crippen molar-refractivity contribution >= 4 is 39.0 Å². The fraction of sp³-hybridized carbons (Fsp3) is 0.588. The number of hydrogen-bond donors (Lipinski definition) is 0. The number of rotatable bonds is 3. The van der Waals surface area contributed by atoms with Crippen LogP contribution < -0.4 is 0 Å². The Bertz CT molecular complexity index is 904. The van der Waals surface area contributed by atoms with Crippen molar-refractivity contribution in [1.82, 2.24) is 19.6 Å². The molecule has 0 saturated heterocycles. The Morgan fingerprint density at radius 1 is 1.17 bits per heavy atom. The summed E-state index contributed by atoms with van der Waals surface area (Å²) in [5.41, 5.74) is 2.56. The van der Waals surface area contributed by atoms with E-state index in [0.717, 1.165) is 10.8 Å². The minimum absolute atomic E-state index is 0.501. The molecule has 0 aromatic carbocycles. The summed E-state index contributed by atoms with van der Waals surface area (Å²) in [5.74, 6) is 1.79. The van der Waals surface area contributed by atoms with Crippen molar-refractivity contribution in [1.29, 1.82) is 0 Å². The largest absolute Gasteiger partial charge is 0.257 e. The monoisotopic (exact) mass is 344 g/mol. The summed E-state index contributed by atoms with van der Waals surface area (Å²) in [7, 11) is 0. The molecule has 3 aromatic heterocycles. The van der Waals surface area contributed by atoms with E-state index in [0.29, 0.717) is 11.2 Å². The van der Waals surface area contributed by atoms with Gasteiger partial charge >= 0.3 is 0 Å². The average Bonchev–Trinajstić information content (AvgIpc) is 3.19. The van der Waals surface area contributed by atoms with Crippen LogP contribution in [0.1, 0.15) is 61.7 Å². The number of nitrogens with zero attached hydrogens (tertiary/aromatic N) is 4. The summed E-state index contributed by atoms with van der Waals surface area (Å²) in [6, 6.07) is 0. The summed E-state index contributed by atoms with van der Waals surface area (Å²) in [5, 5.41) is 11.9. The van der Waals surface area contributed by atoms with E-state index in [2.05, 4.69) is 28.4 Å². The highest BCUT2D eigenvalue weighted by Crippen LogP contribution is 2.44. The standard InChI is InChI=1S/C17H20N4S2/c1-9(2)22-17-20-19-15-13-11-5-3-4-6-12(11)23-16(13)18-14(21(15)17)10-7-8-10/h9-10H,3-8H2,1-2H3. The topological polar surface area (TPSA) is 43.1 Å². The highest BCUT2D eigenvalue weighted by molar-refractivity contribution is 7.99. The molecule has 3 heterocycles. The molecule has 2 aliphatic rings. The van der Waals surface area contributed by atoms with E-state index < -0.39 is 0 Å². The third-order valence-electron chi connectivity index (χ3n) is 4.74.